The molecule has 0 unspecified atom stereocenters. The Balaban J connectivity index is 1.10. The van der Waals surface area contributed by atoms with E-state index in [0.29, 0.717) is 36.1 Å². The van der Waals surface area contributed by atoms with Crippen molar-refractivity contribution in [3.05, 3.63) is 182 Å². The molecule has 0 radical (unpaired) electrons. The summed E-state index contributed by atoms with van der Waals surface area (Å²) in [6.07, 6.45) is 1.31. The Bertz CT molecular complexity index is 2150. The molecule has 0 aromatic heterocycles. The first kappa shape index (κ1) is 34.4. The largest absolute Gasteiger partial charge is 0.348 e. The van der Waals surface area contributed by atoms with Crippen LogP contribution in [-0.2, 0) is 35.5 Å². The van der Waals surface area contributed by atoms with E-state index in [1.807, 2.05) is 30.3 Å². The minimum absolute atomic E-state index is 0.0483. The average Bonchev–Trinajstić information content (AvgIpc) is 3.35. The van der Waals surface area contributed by atoms with E-state index in [1.54, 1.807) is 12.1 Å². The lowest BCUT2D eigenvalue weighted by atomic mass is 9.95. The van der Waals surface area contributed by atoms with Crippen molar-refractivity contribution >= 4 is 34.6 Å². The van der Waals surface area contributed by atoms with Gasteiger partial charge in [-0.3, -0.25) is 29.4 Å². The number of rotatable bonds is 11. The number of nitrogens with zero attached hydrogens (tertiary/aromatic N) is 2. The maximum Gasteiger partial charge on any atom is 0.269 e. The number of halogens is 4. The highest BCUT2D eigenvalue weighted by atomic mass is 19.1. The number of nitrogens with one attached hydrogen (secondary N) is 1. The molecule has 6 rings (SSSR count). The number of carbonyl (C=O) groups is 3. The van der Waals surface area contributed by atoms with Crippen LogP contribution in [0.2, 0.25) is 0 Å². The number of nitro benzene ring substituents is 1. The molecule has 0 bridgehead atoms. The first-order chi connectivity index (χ1) is 24.5. The summed E-state index contributed by atoms with van der Waals surface area (Å²) in [6.45, 7) is -0.0780. The lowest BCUT2D eigenvalue weighted by molar-refractivity contribution is -0.384. The molecule has 0 saturated carbocycles. The highest BCUT2D eigenvalue weighted by Gasteiger charge is 2.41. The van der Waals surface area contributed by atoms with Gasteiger partial charge in [-0.05, 0) is 71.5 Å². The van der Waals surface area contributed by atoms with E-state index in [2.05, 4.69) is 5.32 Å². The molecule has 0 atom stereocenters. The first-order valence-corrected chi connectivity index (χ1v) is 15.7. The smallest absolute Gasteiger partial charge is 0.269 e. The SMILES string of the molecule is O=C(NCc1ccc(CCc2cccc([N+](=O)[O-])c2)cc1)c1ccc(CN2C(=O)C(c3ccc(F)cc3F)=C(c3ccc(F)cc3F)C2=O)cc1. The van der Waals surface area contributed by atoms with Crippen LogP contribution in [0.25, 0.3) is 11.1 Å². The van der Waals surface area contributed by atoms with E-state index in [9.17, 15) is 42.1 Å². The number of hydrogen-bond acceptors (Lipinski definition) is 5. The molecule has 1 aliphatic heterocycles. The van der Waals surface area contributed by atoms with Gasteiger partial charge in [-0.2, -0.15) is 0 Å². The molecule has 1 aliphatic rings. The summed E-state index contributed by atoms with van der Waals surface area (Å²) in [7, 11) is 0. The van der Waals surface area contributed by atoms with Crippen LogP contribution in [0, 0.1) is 33.4 Å². The third-order valence-electron chi connectivity index (χ3n) is 8.43. The van der Waals surface area contributed by atoms with Gasteiger partial charge in [-0.15, -0.1) is 0 Å². The van der Waals surface area contributed by atoms with Gasteiger partial charge in [0.25, 0.3) is 23.4 Å². The fourth-order valence-corrected chi connectivity index (χ4v) is 5.77. The number of hydrogen-bond donors (Lipinski definition) is 1. The summed E-state index contributed by atoms with van der Waals surface area (Å²) in [5, 5.41) is 13.8. The quantitative estimate of drug-likeness (QED) is 0.0674. The molecule has 1 N–H and O–H groups in total. The average molecular weight is 694 g/mol. The van der Waals surface area contributed by atoms with Crippen LogP contribution in [0.4, 0.5) is 23.2 Å². The van der Waals surface area contributed by atoms with Crippen molar-refractivity contribution in [2.75, 3.05) is 0 Å². The van der Waals surface area contributed by atoms with E-state index in [-0.39, 0.29) is 24.7 Å². The predicted octanol–water partition coefficient (Wildman–Crippen LogP) is 7.35. The number of imide groups is 1. The van der Waals surface area contributed by atoms with Crippen LogP contribution in [0.15, 0.2) is 109 Å². The summed E-state index contributed by atoms with van der Waals surface area (Å²) in [6, 6.07) is 25.0. The van der Waals surface area contributed by atoms with Crippen LogP contribution in [0.1, 0.15) is 43.7 Å². The highest BCUT2D eigenvalue weighted by Crippen LogP contribution is 2.38. The number of carbonyl (C=O) groups excluding carboxylic acids is 3. The number of aryl methyl sites for hydroxylation is 2. The van der Waals surface area contributed by atoms with Gasteiger partial charge >= 0.3 is 0 Å². The molecule has 12 heteroatoms. The molecular formula is C39H27F4N3O5. The van der Waals surface area contributed by atoms with Crippen molar-refractivity contribution in [1.29, 1.82) is 0 Å². The van der Waals surface area contributed by atoms with Crippen LogP contribution in [0.3, 0.4) is 0 Å². The Kier molecular flexibility index (Phi) is 9.85. The summed E-state index contributed by atoms with van der Waals surface area (Å²) < 4.78 is 57.1. The first-order valence-electron chi connectivity index (χ1n) is 15.7. The van der Waals surface area contributed by atoms with Gasteiger partial charge in [0.2, 0.25) is 0 Å². The summed E-state index contributed by atoms with van der Waals surface area (Å²) in [4.78, 5) is 51.4. The zero-order valence-electron chi connectivity index (χ0n) is 26.7. The van der Waals surface area contributed by atoms with Gasteiger partial charge in [0.1, 0.15) is 23.3 Å². The highest BCUT2D eigenvalue weighted by molar-refractivity contribution is 6.49. The van der Waals surface area contributed by atoms with Gasteiger partial charge < -0.3 is 5.32 Å². The van der Waals surface area contributed by atoms with E-state index >= 15 is 0 Å². The second-order valence-electron chi connectivity index (χ2n) is 11.8. The zero-order valence-corrected chi connectivity index (χ0v) is 26.7. The molecule has 8 nitrogen and oxygen atoms in total. The normalized spacial score (nSPS) is 12.8. The molecule has 51 heavy (non-hydrogen) atoms. The molecular weight excluding hydrogens is 666 g/mol. The maximum absolute atomic E-state index is 14.9. The number of amides is 3. The minimum Gasteiger partial charge on any atom is -0.348 e. The molecule has 256 valence electrons. The van der Waals surface area contributed by atoms with Gasteiger partial charge in [-0.25, -0.2) is 17.6 Å². The van der Waals surface area contributed by atoms with Crippen molar-refractivity contribution in [3.63, 3.8) is 0 Å². The fraction of sp³-hybridized carbons (Fsp3) is 0.103. The Morgan fingerprint density at radius 1 is 0.647 bits per heavy atom. The number of non-ortho nitro benzene ring substituents is 1. The van der Waals surface area contributed by atoms with Crippen molar-refractivity contribution < 1.29 is 36.9 Å². The van der Waals surface area contributed by atoms with E-state index in [0.717, 1.165) is 45.9 Å². The Morgan fingerprint density at radius 2 is 1.18 bits per heavy atom. The van der Waals surface area contributed by atoms with Gasteiger partial charge in [0.15, 0.2) is 0 Å². The molecule has 5 aromatic carbocycles. The summed E-state index contributed by atoms with van der Waals surface area (Å²) >= 11 is 0. The summed E-state index contributed by atoms with van der Waals surface area (Å²) in [5.74, 6) is -6.42. The van der Waals surface area contributed by atoms with Crippen LogP contribution in [0.5, 0.6) is 0 Å². The zero-order chi connectivity index (χ0) is 36.2. The predicted molar refractivity (Wildman–Crippen MR) is 180 cm³/mol. The van der Waals surface area contributed by atoms with Crippen LogP contribution in [-0.4, -0.2) is 27.5 Å². The molecule has 0 fully saturated rings. The van der Waals surface area contributed by atoms with Crippen molar-refractivity contribution in [3.8, 4) is 0 Å². The third kappa shape index (κ3) is 7.59. The minimum atomic E-state index is -1.14. The number of nitro groups is 1. The molecule has 3 amide bonds. The van der Waals surface area contributed by atoms with Crippen LogP contribution < -0.4 is 5.32 Å². The molecule has 0 aliphatic carbocycles. The molecule has 0 saturated heterocycles. The Hall–Kier alpha value is -6.43. The molecule has 1 heterocycles. The van der Waals surface area contributed by atoms with Crippen molar-refractivity contribution in [2.24, 2.45) is 0 Å². The second kappa shape index (κ2) is 14.6. The summed E-state index contributed by atoms with van der Waals surface area (Å²) in [5.41, 5.74) is 1.69. The van der Waals surface area contributed by atoms with Gasteiger partial charge in [-0.1, -0.05) is 48.5 Å². The topological polar surface area (TPSA) is 110 Å². The van der Waals surface area contributed by atoms with Crippen molar-refractivity contribution in [2.45, 2.75) is 25.9 Å². The Morgan fingerprint density at radius 3 is 1.73 bits per heavy atom. The number of benzene rings is 5. The van der Waals surface area contributed by atoms with E-state index in [1.165, 1.54) is 30.3 Å². The lowest BCUT2D eigenvalue weighted by Crippen LogP contribution is -2.31. The maximum atomic E-state index is 14.9. The lowest BCUT2D eigenvalue weighted by Gasteiger charge is -2.16. The van der Waals surface area contributed by atoms with E-state index < -0.39 is 62.3 Å². The fourth-order valence-electron chi connectivity index (χ4n) is 5.77. The second-order valence-corrected chi connectivity index (χ2v) is 11.8. The van der Waals surface area contributed by atoms with Gasteiger partial charge in [0, 0.05) is 47.5 Å². The van der Waals surface area contributed by atoms with Crippen LogP contribution >= 0.6 is 0 Å². The molecule has 5 aromatic rings. The Labute approximate surface area is 288 Å². The van der Waals surface area contributed by atoms with Crippen molar-refractivity contribution in [1.82, 2.24) is 10.2 Å². The third-order valence-corrected chi connectivity index (χ3v) is 8.43. The monoisotopic (exact) mass is 693 g/mol. The van der Waals surface area contributed by atoms with Gasteiger partial charge in [0.05, 0.1) is 22.6 Å². The molecule has 0 spiro atoms. The standard InChI is InChI=1S/C39H27F4N3O5/c40-28-14-16-31(33(42)19-28)35-36(32-17-15-29(41)20-34(32)43)39(49)45(38(35)48)22-26-10-12-27(13-11-26)37(47)44-21-25-8-5-23(6-9-25)4-7-24-2-1-3-30(18-24)46(50)51/h1-3,5-6,8-20H,4,7,21-22H2,(H,44,47). The van der Waals surface area contributed by atoms with E-state index in [4.69, 9.17) is 0 Å².